The molecule has 0 heterocycles. The quantitative estimate of drug-likeness (QED) is 0.782. The number of halogens is 2. The number of rotatable bonds is 2. The fourth-order valence-electron chi connectivity index (χ4n) is 1.45. The van der Waals surface area contributed by atoms with Crippen LogP contribution in [0.15, 0.2) is 24.3 Å². The van der Waals surface area contributed by atoms with Crippen LogP contribution in [-0.2, 0) is 0 Å². The summed E-state index contributed by atoms with van der Waals surface area (Å²) in [5.41, 5.74) is 6.53. The van der Waals surface area contributed by atoms with Crippen LogP contribution in [0.25, 0.3) is 0 Å². The lowest BCUT2D eigenvalue weighted by molar-refractivity contribution is 0.554. The number of benzene rings is 1. The van der Waals surface area contributed by atoms with Crippen LogP contribution < -0.4 is 5.73 Å². The Balaban J connectivity index is 0.000000845. The topological polar surface area (TPSA) is 26.0 Å². The van der Waals surface area contributed by atoms with Gasteiger partial charge in [-0.15, -0.1) is 12.4 Å². The Morgan fingerprint density at radius 3 is 2.46 bits per heavy atom. The lowest BCUT2D eigenvalue weighted by Gasteiger charge is -2.10. The molecule has 1 aromatic rings. The van der Waals surface area contributed by atoms with Gasteiger partial charge in [0.25, 0.3) is 0 Å². The average Bonchev–Trinajstić information content (AvgIpc) is 2.86. The summed E-state index contributed by atoms with van der Waals surface area (Å²) in [6.07, 6.45) is 2.30. The van der Waals surface area contributed by atoms with Crippen LogP contribution in [0.1, 0.15) is 24.4 Å². The van der Waals surface area contributed by atoms with E-state index in [1.807, 2.05) is 6.07 Å². The van der Waals surface area contributed by atoms with Crippen LogP contribution in [-0.4, -0.2) is 0 Å². The summed E-state index contributed by atoms with van der Waals surface area (Å²) in [6, 6.07) is 6.68. The Morgan fingerprint density at radius 1 is 1.31 bits per heavy atom. The average molecular weight is 202 g/mol. The van der Waals surface area contributed by atoms with E-state index in [-0.39, 0.29) is 24.3 Å². The van der Waals surface area contributed by atoms with Gasteiger partial charge in [-0.2, -0.15) is 0 Å². The highest BCUT2D eigenvalue weighted by atomic mass is 35.5. The van der Waals surface area contributed by atoms with Crippen molar-refractivity contribution in [1.29, 1.82) is 0 Å². The number of hydrogen-bond acceptors (Lipinski definition) is 1. The maximum Gasteiger partial charge on any atom is 0.127 e. The maximum atomic E-state index is 13.1. The van der Waals surface area contributed by atoms with E-state index < -0.39 is 0 Å². The van der Waals surface area contributed by atoms with E-state index in [9.17, 15) is 4.39 Å². The van der Waals surface area contributed by atoms with Gasteiger partial charge in [0.15, 0.2) is 0 Å². The number of nitrogens with two attached hydrogens (primary N) is 1. The van der Waals surface area contributed by atoms with E-state index in [1.165, 1.54) is 6.07 Å². The van der Waals surface area contributed by atoms with Gasteiger partial charge in [0, 0.05) is 11.6 Å². The van der Waals surface area contributed by atoms with Crippen LogP contribution in [0.3, 0.4) is 0 Å². The normalized spacial score (nSPS) is 17.7. The molecule has 2 rings (SSSR count). The summed E-state index contributed by atoms with van der Waals surface area (Å²) in [4.78, 5) is 0. The van der Waals surface area contributed by atoms with Crippen LogP contribution in [0.4, 0.5) is 4.39 Å². The van der Waals surface area contributed by atoms with Gasteiger partial charge in [-0.3, -0.25) is 0 Å². The molecule has 0 radical (unpaired) electrons. The molecule has 0 bridgehead atoms. The van der Waals surface area contributed by atoms with Gasteiger partial charge in [0.1, 0.15) is 5.82 Å². The van der Waals surface area contributed by atoms with Crippen molar-refractivity contribution in [2.75, 3.05) is 0 Å². The van der Waals surface area contributed by atoms with Gasteiger partial charge in [-0.1, -0.05) is 18.2 Å². The van der Waals surface area contributed by atoms with Gasteiger partial charge < -0.3 is 5.73 Å². The summed E-state index contributed by atoms with van der Waals surface area (Å²) < 4.78 is 13.1. The molecule has 0 saturated heterocycles. The zero-order valence-electron chi connectivity index (χ0n) is 7.24. The molecule has 3 heteroatoms. The monoisotopic (exact) mass is 201 g/mol. The van der Waals surface area contributed by atoms with Gasteiger partial charge >= 0.3 is 0 Å². The first-order chi connectivity index (χ1) is 5.79. The molecule has 1 unspecified atom stereocenters. The predicted molar refractivity (Wildman–Crippen MR) is 53.3 cm³/mol. The Labute approximate surface area is 83.5 Å². The first-order valence-corrected chi connectivity index (χ1v) is 4.29. The largest absolute Gasteiger partial charge is 0.324 e. The van der Waals surface area contributed by atoms with Crippen molar-refractivity contribution in [3.05, 3.63) is 35.6 Å². The summed E-state index contributed by atoms with van der Waals surface area (Å²) in [6.45, 7) is 0. The molecular formula is C10H13ClFN. The Bertz CT molecular complexity index is 286. The molecule has 1 atom stereocenters. The molecule has 0 spiro atoms. The minimum atomic E-state index is -0.170. The van der Waals surface area contributed by atoms with Crippen LogP contribution in [0, 0.1) is 11.7 Å². The van der Waals surface area contributed by atoms with Crippen molar-refractivity contribution < 1.29 is 4.39 Å². The first-order valence-electron chi connectivity index (χ1n) is 4.29. The fourth-order valence-corrected chi connectivity index (χ4v) is 1.45. The Morgan fingerprint density at radius 2 is 1.92 bits per heavy atom. The van der Waals surface area contributed by atoms with E-state index in [4.69, 9.17) is 5.73 Å². The highest BCUT2D eigenvalue weighted by molar-refractivity contribution is 5.85. The molecule has 1 fully saturated rings. The number of hydrogen-bond donors (Lipinski definition) is 1. The predicted octanol–water partition coefficient (Wildman–Crippen LogP) is 2.66. The Kier molecular flexibility index (Phi) is 3.28. The Hall–Kier alpha value is -0.600. The summed E-state index contributed by atoms with van der Waals surface area (Å²) in [5.74, 6) is 0.346. The smallest absolute Gasteiger partial charge is 0.127 e. The molecular weight excluding hydrogens is 189 g/mol. The van der Waals surface area contributed by atoms with Gasteiger partial charge in [-0.25, -0.2) is 4.39 Å². The minimum absolute atomic E-state index is 0. The van der Waals surface area contributed by atoms with Crippen LogP contribution >= 0.6 is 12.4 Å². The first kappa shape index (κ1) is 10.5. The lowest BCUT2D eigenvalue weighted by Crippen LogP contribution is -2.13. The minimum Gasteiger partial charge on any atom is -0.324 e. The van der Waals surface area contributed by atoms with Crippen molar-refractivity contribution in [3.63, 3.8) is 0 Å². The van der Waals surface area contributed by atoms with Crippen LogP contribution in [0.2, 0.25) is 0 Å². The SMILES string of the molecule is Cl.NC(c1ccccc1F)C1CC1. The van der Waals surface area contributed by atoms with Crippen molar-refractivity contribution in [2.45, 2.75) is 18.9 Å². The van der Waals surface area contributed by atoms with E-state index in [2.05, 4.69) is 0 Å². The van der Waals surface area contributed by atoms with Crippen molar-refractivity contribution in [1.82, 2.24) is 0 Å². The second-order valence-corrected chi connectivity index (χ2v) is 3.38. The molecule has 0 aliphatic heterocycles. The lowest BCUT2D eigenvalue weighted by atomic mass is 10.0. The standard InChI is InChI=1S/C10H12FN.ClH/c11-9-4-2-1-3-8(9)10(12)7-5-6-7;/h1-4,7,10H,5-6,12H2;1H. The summed E-state index contributed by atoms with van der Waals surface area (Å²) in [5, 5.41) is 0. The molecule has 0 amide bonds. The zero-order valence-corrected chi connectivity index (χ0v) is 8.06. The molecule has 13 heavy (non-hydrogen) atoms. The van der Waals surface area contributed by atoms with Crippen molar-refractivity contribution >= 4 is 12.4 Å². The molecule has 1 aliphatic carbocycles. The molecule has 72 valence electrons. The third-order valence-electron chi connectivity index (χ3n) is 2.39. The van der Waals surface area contributed by atoms with Gasteiger partial charge in [-0.05, 0) is 24.8 Å². The van der Waals surface area contributed by atoms with E-state index >= 15 is 0 Å². The van der Waals surface area contributed by atoms with E-state index in [1.54, 1.807) is 12.1 Å². The third-order valence-corrected chi connectivity index (χ3v) is 2.39. The van der Waals surface area contributed by atoms with E-state index in [0.717, 1.165) is 12.8 Å². The van der Waals surface area contributed by atoms with Crippen molar-refractivity contribution in [2.24, 2.45) is 11.7 Å². The van der Waals surface area contributed by atoms with Gasteiger partial charge in [0.2, 0.25) is 0 Å². The molecule has 1 nitrogen and oxygen atoms in total. The van der Waals surface area contributed by atoms with Gasteiger partial charge in [0.05, 0.1) is 0 Å². The van der Waals surface area contributed by atoms with E-state index in [0.29, 0.717) is 11.5 Å². The van der Waals surface area contributed by atoms with Crippen molar-refractivity contribution in [3.8, 4) is 0 Å². The molecule has 1 saturated carbocycles. The molecule has 0 aromatic heterocycles. The summed E-state index contributed by atoms with van der Waals surface area (Å²) in [7, 11) is 0. The maximum absolute atomic E-state index is 13.1. The molecule has 2 N–H and O–H groups in total. The third kappa shape index (κ3) is 2.20. The molecule has 1 aliphatic rings. The summed E-state index contributed by atoms with van der Waals surface area (Å²) >= 11 is 0. The van der Waals surface area contributed by atoms with Crippen LogP contribution in [0.5, 0.6) is 0 Å². The fraction of sp³-hybridized carbons (Fsp3) is 0.400. The highest BCUT2D eigenvalue weighted by Crippen LogP contribution is 2.39. The second-order valence-electron chi connectivity index (χ2n) is 3.38. The molecule has 1 aromatic carbocycles. The zero-order chi connectivity index (χ0) is 8.55. The highest BCUT2D eigenvalue weighted by Gasteiger charge is 2.30. The second kappa shape index (κ2) is 4.07.